The van der Waals surface area contributed by atoms with Gasteiger partial charge in [-0.1, -0.05) is 17.2 Å². The van der Waals surface area contributed by atoms with Gasteiger partial charge in [0.2, 0.25) is 5.91 Å². The van der Waals surface area contributed by atoms with Gasteiger partial charge in [0.1, 0.15) is 0 Å². The Bertz CT molecular complexity index is 511. The highest BCUT2D eigenvalue weighted by Crippen LogP contribution is 2.26. The summed E-state index contributed by atoms with van der Waals surface area (Å²) in [5.41, 5.74) is 10.2. The average Bonchev–Trinajstić information content (AvgIpc) is 2.78. The van der Waals surface area contributed by atoms with Crippen molar-refractivity contribution in [1.29, 1.82) is 0 Å². The van der Waals surface area contributed by atoms with Crippen LogP contribution in [0.5, 0.6) is 0 Å². The van der Waals surface area contributed by atoms with Crippen LogP contribution in [0.1, 0.15) is 12.0 Å². The highest BCUT2D eigenvalue weighted by Gasteiger charge is 2.30. The third-order valence-electron chi connectivity index (χ3n) is 3.14. The van der Waals surface area contributed by atoms with Crippen LogP contribution in [0.15, 0.2) is 29.4 Å². The first-order chi connectivity index (χ1) is 9.24. The van der Waals surface area contributed by atoms with E-state index in [2.05, 4.69) is 10.0 Å². The van der Waals surface area contributed by atoms with Gasteiger partial charge in [0.05, 0.1) is 6.61 Å². The van der Waals surface area contributed by atoms with Crippen molar-refractivity contribution in [3.8, 4) is 0 Å². The summed E-state index contributed by atoms with van der Waals surface area (Å²) in [4.78, 5) is 16.5. The summed E-state index contributed by atoms with van der Waals surface area (Å²) in [6.45, 7) is 1.50. The summed E-state index contributed by atoms with van der Waals surface area (Å²) in [7, 11) is 1.64. The smallest absolute Gasteiger partial charge is 0.227 e. The molecule has 1 aliphatic heterocycles. The van der Waals surface area contributed by atoms with Crippen LogP contribution in [-0.4, -0.2) is 26.1 Å². The van der Waals surface area contributed by atoms with Gasteiger partial charge < -0.3 is 9.64 Å². The molecule has 6 nitrogen and oxygen atoms in total. The van der Waals surface area contributed by atoms with Crippen molar-refractivity contribution in [2.75, 3.05) is 25.1 Å². The predicted molar refractivity (Wildman–Crippen MR) is 71.6 cm³/mol. The van der Waals surface area contributed by atoms with Gasteiger partial charge in [0.25, 0.3) is 0 Å². The minimum Gasteiger partial charge on any atom is -0.380 e. The number of ether oxygens (including phenoxy) is 1. The number of hydrogen-bond donors (Lipinski definition) is 0. The number of nitrogens with zero attached hydrogens (tertiary/aromatic N) is 4. The van der Waals surface area contributed by atoms with E-state index < -0.39 is 0 Å². The maximum Gasteiger partial charge on any atom is 0.227 e. The molecule has 0 aliphatic carbocycles. The van der Waals surface area contributed by atoms with Crippen LogP contribution < -0.4 is 4.90 Å². The SMILES string of the molecule is COCc1cccc(N2CC(CN=[N+]=[N-])CC2=O)c1. The lowest BCUT2D eigenvalue weighted by Crippen LogP contribution is -2.24. The van der Waals surface area contributed by atoms with E-state index in [1.807, 2.05) is 24.3 Å². The topological polar surface area (TPSA) is 78.3 Å². The molecule has 6 heteroatoms. The minimum atomic E-state index is 0.0766. The first-order valence-electron chi connectivity index (χ1n) is 6.13. The van der Waals surface area contributed by atoms with Crippen molar-refractivity contribution in [3.63, 3.8) is 0 Å². The van der Waals surface area contributed by atoms with Crippen LogP contribution in [0.25, 0.3) is 10.4 Å². The van der Waals surface area contributed by atoms with E-state index in [0.29, 0.717) is 26.1 Å². The lowest BCUT2D eigenvalue weighted by molar-refractivity contribution is -0.117. The number of azide groups is 1. The van der Waals surface area contributed by atoms with Crippen molar-refractivity contribution in [2.24, 2.45) is 11.0 Å². The Labute approximate surface area is 111 Å². The molecule has 1 atom stereocenters. The number of benzene rings is 1. The Hall–Kier alpha value is -2.04. The maximum atomic E-state index is 12.0. The fourth-order valence-corrected chi connectivity index (χ4v) is 2.29. The zero-order valence-corrected chi connectivity index (χ0v) is 10.8. The average molecular weight is 260 g/mol. The second-order valence-electron chi connectivity index (χ2n) is 4.59. The normalized spacial score (nSPS) is 18.5. The Morgan fingerprint density at radius 1 is 1.58 bits per heavy atom. The van der Waals surface area contributed by atoms with Crippen LogP contribution in [-0.2, 0) is 16.1 Å². The maximum absolute atomic E-state index is 12.0. The Morgan fingerprint density at radius 3 is 3.16 bits per heavy atom. The van der Waals surface area contributed by atoms with Gasteiger partial charge in [-0.2, -0.15) is 0 Å². The van der Waals surface area contributed by atoms with E-state index in [9.17, 15) is 4.79 Å². The van der Waals surface area contributed by atoms with Crippen molar-refractivity contribution in [1.82, 2.24) is 0 Å². The molecule has 0 radical (unpaired) electrons. The van der Waals surface area contributed by atoms with E-state index in [-0.39, 0.29) is 11.8 Å². The van der Waals surface area contributed by atoms with Crippen LogP contribution >= 0.6 is 0 Å². The van der Waals surface area contributed by atoms with Crippen molar-refractivity contribution in [3.05, 3.63) is 40.3 Å². The highest BCUT2D eigenvalue weighted by atomic mass is 16.5. The van der Waals surface area contributed by atoms with Crippen LogP contribution in [0.3, 0.4) is 0 Å². The minimum absolute atomic E-state index is 0.0766. The Balaban J connectivity index is 2.11. The van der Waals surface area contributed by atoms with E-state index in [0.717, 1.165) is 11.3 Å². The zero-order valence-electron chi connectivity index (χ0n) is 10.8. The number of hydrogen-bond acceptors (Lipinski definition) is 3. The number of methoxy groups -OCH3 is 1. The van der Waals surface area contributed by atoms with Crippen molar-refractivity contribution < 1.29 is 9.53 Å². The quantitative estimate of drug-likeness (QED) is 0.463. The molecule has 1 unspecified atom stereocenters. The van der Waals surface area contributed by atoms with E-state index in [1.54, 1.807) is 12.0 Å². The van der Waals surface area contributed by atoms with Gasteiger partial charge in [-0.15, -0.1) is 0 Å². The number of anilines is 1. The van der Waals surface area contributed by atoms with Gasteiger partial charge in [-0.3, -0.25) is 4.79 Å². The first kappa shape index (κ1) is 13.4. The standard InChI is InChI=1S/C13H16N4O2/c1-19-9-10-3-2-4-12(5-10)17-8-11(6-13(17)18)7-15-16-14/h2-5,11H,6-9H2,1H3. The molecule has 0 N–H and O–H groups in total. The molecule has 1 amide bonds. The first-order valence-corrected chi connectivity index (χ1v) is 6.13. The van der Waals surface area contributed by atoms with Gasteiger partial charge in [0.15, 0.2) is 0 Å². The van der Waals surface area contributed by atoms with Crippen LogP contribution in [0.4, 0.5) is 5.69 Å². The largest absolute Gasteiger partial charge is 0.380 e. The van der Waals surface area contributed by atoms with Gasteiger partial charge in [-0.05, 0) is 29.1 Å². The molecule has 0 spiro atoms. The number of carbonyl (C=O) groups is 1. The summed E-state index contributed by atoms with van der Waals surface area (Å²) in [6.07, 6.45) is 0.438. The summed E-state index contributed by atoms with van der Waals surface area (Å²) in [5, 5.41) is 3.55. The van der Waals surface area contributed by atoms with E-state index in [4.69, 9.17) is 10.3 Å². The fraction of sp³-hybridized carbons (Fsp3) is 0.462. The highest BCUT2D eigenvalue weighted by molar-refractivity contribution is 5.95. The molecule has 2 rings (SSSR count). The monoisotopic (exact) mass is 260 g/mol. The summed E-state index contributed by atoms with van der Waals surface area (Å²) in [6, 6.07) is 7.74. The van der Waals surface area contributed by atoms with Crippen molar-refractivity contribution in [2.45, 2.75) is 13.0 Å². The second kappa shape index (κ2) is 6.22. The Morgan fingerprint density at radius 2 is 2.42 bits per heavy atom. The molecule has 1 heterocycles. The van der Waals surface area contributed by atoms with Gasteiger partial charge in [-0.25, -0.2) is 0 Å². The molecule has 1 aromatic carbocycles. The van der Waals surface area contributed by atoms with E-state index >= 15 is 0 Å². The number of rotatable bonds is 5. The third kappa shape index (κ3) is 3.24. The zero-order chi connectivity index (χ0) is 13.7. The lowest BCUT2D eigenvalue weighted by Gasteiger charge is -2.17. The predicted octanol–water partition coefficient (Wildman–Crippen LogP) is 2.50. The molecular formula is C13H16N4O2. The molecule has 1 fully saturated rings. The van der Waals surface area contributed by atoms with Gasteiger partial charge in [0, 0.05) is 37.2 Å². The summed E-state index contributed by atoms with van der Waals surface area (Å²) in [5.74, 6) is 0.183. The van der Waals surface area contributed by atoms with Crippen LogP contribution in [0, 0.1) is 5.92 Å². The summed E-state index contributed by atoms with van der Waals surface area (Å²) >= 11 is 0. The Kier molecular flexibility index (Phi) is 4.39. The lowest BCUT2D eigenvalue weighted by atomic mass is 10.1. The fourth-order valence-electron chi connectivity index (χ4n) is 2.29. The molecule has 1 saturated heterocycles. The number of amides is 1. The molecule has 1 aromatic rings. The molecule has 0 saturated carbocycles. The third-order valence-corrected chi connectivity index (χ3v) is 3.14. The second-order valence-corrected chi connectivity index (χ2v) is 4.59. The van der Waals surface area contributed by atoms with Crippen molar-refractivity contribution >= 4 is 11.6 Å². The molecule has 1 aliphatic rings. The van der Waals surface area contributed by atoms with Crippen LogP contribution in [0.2, 0.25) is 0 Å². The molecule has 19 heavy (non-hydrogen) atoms. The molecule has 0 aromatic heterocycles. The van der Waals surface area contributed by atoms with Gasteiger partial charge >= 0.3 is 0 Å². The molecule has 0 bridgehead atoms. The number of carbonyl (C=O) groups excluding carboxylic acids is 1. The summed E-state index contributed by atoms with van der Waals surface area (Å²) < 4.78 is 5.09. The van der Waals surface area contributed by atoms with E-state index in [1.165, 1.54) is 0 Å². The molecular weight excluding hydrogens is 244 g/mol. The molecule has 100 valence electrons.